The van der Waals surface area contributed by atoms with Crippen LogP contribution in [-0.4, -0.2) is 26.5 Å². The van der Waals surface area contributed by atoms with E-state index in [1.54, 1.807) is 0 Å². The van der Waals surface area contributed by atoms with Crippen molar-refractivity contribution >= 4 is 12.0 Å². The summed E-state index contributed by atoms with van der Waals surface area (Å²) in [5.74, 6) is 0.707. The summed E-state index contributed by atoms with van der Waals surface area (Å²) in [5.41, 5.74) is 1.55. The summed E-state index contributed by atoms with van der Waals surface area (Å²) in [6, 6.07) is 5.69. The first kappa shape index (κ1) is 10.0. The van der Waals surface area contributed by atoms with Crippen LogP contribution < -0.4 is 9.64 Å². The number of hydrogen-bond donors (Lipinski definition) is 0. The monoisotopic (exact) mass is 205 g/mol. The summed E-state index contributed by atoms with van der Waals surface area (Å²) < 4.78 is 5.68. The van der Waals surface area contributed by atoms with Gasteiger partial charge in [-0.2, -0.15) is 0 Å². The Morgan fingerprint density at radius 2 is 2.13 bits per heavy atom. The van der Waals surface area contributed by atoms with Gasteiger partial charge in [0.15, 0.2) is 6.29 Å². The predicted molar refractivity (Wildman–Crippen MR) is 59.8 cm³/mol. The van der Waals surface area contributed by atoms with Crippen LogP contribution in [0.25, 0.3) is 0 Å². The fourth-order valence-electron chi connectivity index (χ4n) is 1.51. The van der Waals surface area contributed by atoms with E-state index in [-0.39, 0.29) is 0 Å². The molecule has 0 bridgehead atoms. The van der Waals surface area contributed by atoms with Crippen molar-refractivity contribution in [3.63, 3.8) is 0 Å². The molecule has 1 aromatic carbocycles. The van der Waals surface area contributed by atoms with Crippen LogP contribution in [0, 0.1) is 0 Å². The predicted octanol–water partition coefficient (Wildman–Crippen LogP) is 2.11. The van der Waals surface area contributed by atoms with Crippen molar-refractivity contribution in [2.24, 2.45) is 0 Å². The fourth-order valence-corrected chi connectivity index (χ4v) is 1.51. The molecular formula is C12H15NO2. The molecule has 0 saturated heterocycles. The lowest BCUT2D eigenvalue weighted by Crippen LogP contribution is -2.12. The Kier molecular flexibility index (Phi) is 2.62. The molecule has 0 amide bonds. The molecule has 0 N–H and O–H groups in total. The van der Waals surface area contributed by atoms with Crippen LogP contribution in [0.15, 0.2) is 18.2 Å². The second-order valence-electron chi connectivity index (χ2n) is 4.02. The summed E-state index contributed by atoms with van der Waals surface area (Å²) in [6.45, 7) is 0. The number of ether oxygens (including phenoxy) is 1. The molecule has 1 fully saturated rings. The highest BCUT2D eigenvalue weighted by atomic mass is 16.5. The minimum Gasteiger partial charge on any atom is -0.490 e. The average Bonchev–Trinajstić information content (AvgIpc) is 3.01. The first-order valence-corrected chi connectivity index (χ1v) is 5.14. The van der Waals surface area contributed by atoms with E-state index in [1.807, 2.05) is 37.2 Å². The van der Waals surface area contributed by atoms with Crippen molar-refractivity contribution in [2.45, 2.75) is 18.9 Å². The van der Waals surface area contributed by atoms with Gasteiger partial charge in [0.1, 0.15) is 5.75 Å². The Balaban J connectivity index is 2.34. The molecule has 3 nitrogen and oxygen atoms in total. The third-order valence-corrected chi connectivity index (χ3v) is 2.46. The van der Waals surface area contributed by atoms with Gasteiger partial charge in [0, 0.05) is 14.1 Å². The third-order valence-electron chi connectivity index (χ3n) is 2.46. The molecule has 0 atom stereocenters. The topological polar surface area (TPSA) is 29.5 Å². The van der Waals surface area contributed by atoms with E-state index in [0.29, 0.717) is 17.4 Å². The molecule has 0 radical (unpaired) electrons. The van der Waals surface area contributed by atoms with Crippen LogP contribution in [0.1, 0.15) is 23.2 Å². The molecule has 15 heavy (non-hydrogen) atoms. The molecule has 1 aliphatic carbocycles. The lowest BCUT2D eigenvalue weighted by molar-refractivity contribution is 0.111. The number of aldehydes is 1. The Labute approximate surface area is 89.7 Å². The first-order chi connectivity index (χ1) is 7.22. The maximum absolute atomic E-state index is 11.0. The van der Waals surface area contributed by atoms with E-state index in [4.69, 9.17) is 4.74 Å². The van der Waals surface area contributed by atoms with Crippen LogP contribution in [0.2, 0.25) is 0 Å². The fraction of sp³-hybridized carbons (Fsp3) is 0.417. The standard InChI is InChI=1S/C12H15NO2/c1-13(2)11-4-3-5-12(10(11)8-14)15-9-6-7-9/h3-5,8-9H,6-7H2,1-2H3. The van der Waals surface area contributed by atoms with E-state index in [2.05, 4.69) is 0 Å². The van der Waals surface area contributed by atoms with Crippen molar-refractivity contribution < 1.29 is 9.53 Å². The van der Waals surface area contributed by atoms with Gasteiger partial charge in [-0.3, -0.25) is 4.79 Å². The summed E-state index contributed by atoms with van der Waals surface area (Å²) in [6.07, 6.45) is 3.39. The maximum Gasteiger partial charge on any atom is 0.155 e. The van der Waals surface area contributed by atoms with E-state index in [0.717, 1.165) is 24.8 Å². The van der Waals surface area contributed by atoms with Gasteiger partial charge in [-0.05, 0) is 25.0 Å². The SMILES string of the molecule is CN(C)c1cccc(OC2CC2)c1C=O. The Morgan fingerprint density at radius 3 is 2.67 bits per heavy atom. The molecule has 3 heteroatoms. The summed E-state index contributed by atoms with van der Waals surface area (Å²) in [7, 11) is 3.84. The van der Waals surface area contributed by atoms with Crippen LogP contribution in [-0.2, 0) is 0 Å². The summed E-state index contributed by atoms with van der Waals surface area (Å²) >= 11 is 0. The molecule has 0 heterocycles. The van der Waals surface area contributed by atoms with Gasteiger partial charge in [-0.25, -0.2) is 0 Å². The quantitative estimate of drug-likeness (QED) is 0.705. The molecule has 1 aliphatic rings. The van der Waals surface area contributed by atoms with Crippen molar-refractivity contribution in [1.29, 1.82) is 0 Å². The van der Waals surface area contributed by atoms with Crippen molar-refractivity contribution in [2.75, 3.05) is 19.0 Å². The number of anilines is 1. The van der Waals surface area contributed by atoms with Crippen molar-refractivity contribution in [3.8, 4) is 5.75 Å². The highest BCUT2D eigenvalue weighted by Gasteiger charge is 2.25. The van der Waals surface area contributed by atoms with Crippen LogP contribution >= 0.6 is 0 Å². The molecule has 2 rings (SSSR count). The van der Waals surface area contributed by atoms with Crippen LogP contribution in [0.4, 0.5) is 5.69 Å². The zero-order valence-corrected chi connectivity index (χ0v) is 9.06. The van der Waals surface area contributed by atoms with E-state index in [1.165, 1.54) is 0 Å². The largest absolute Gasteiger partial charge is 0.490 e. The maximum atomic E-state index is 11.0. The lowest BCUT2D eigenvalue weighted by Gasteiger charge is -2.17. The van der Waals surface area contributed by atoms with Gasteiger partial charge < -0.3 is 9.64 Å². The van der Waals surface area contributed by atoms with Crippen LogP contribution in [0.3, 0.4) is 0 Å². The van der Waals surface area contributed by atoms with Gasteiger partial charge in [-0.15, -0.1) is 0 Å². The third kappa shape index (κ3) is 2.12. The number of carbonyl (C=O) groups excluding carboxylic acids is 1. The molecule has 0 spiro atoms. The zero-order chi connectivity index (χ0) is 10.8. The van der Waals surface area contributed by atoms with Crippen LogP contribution in [0.5, 0.6) is 5.75 Å². The lowest BCUT2D eigenvalue weighted by atomic mass is 10.1. The van der Waals surface area contributed by atoms with Gasteiger partial charge >= 0.3 is 0 Å². The van der Waals surface area contributed by atoms with E-state index in [9.17, 15) is 4.79 Å². The smallest absolute Gasteiger partial charge is 0.155 e. The highest BCUT2D eigenvalue weighted by Crippen LogP contribution is 2.32. The summed E-state index contributed by atoms with van der Waals surface area (Å²) in [4.78, 5) is 13.0. The minimum absolute atomic E-state index is 0.320. The number of hydrogen-bond acceptors (Lipinski definition) is 3. The normalized spacial score (nSPS) is 14.8. The molecule has 0 unspecified atom stereocenters. The Hall–Kier alpha value is -1.51. The van der Waals surface area contributed by atoms with E-state index < -0.39 is 0 Å². The highest BCUT2D eigenvalue weighted by molar-refractivity contribution is 5.88. The van der Waals surface area contributed by atoms with Gasteiger partial charge in [0.25, 0.3) is 0 Å². The first-order valence-electron chi connectivity index (χ1n) is 5.14. The van der Waals surface area contributed by atoms with Gasteiger partial charge in [-0.1, -0.05) is 6.07 Å². The minimum atomic E-state index is 0.320. The Bertz CT molecular complexity index is 370. The number of carbonyl (C=O) groups is 1. The average molecular weight is 205 g/mol. The second-order valence-corrected chi connectivity index (χ2v) is 4.02. The molecule has 80 valence electrons. The molecule has 0 aromatic heterocycles. The summed E-state index contributed by atoms with van der Waals surface area (Å²) in [5, 5.41) is 0. The van der Waals surface area contributed by atoms with E-state index >= 15 is 0 Å². The van der Waals surface area contributed by atoms with Crippen molar-refractivity contribution in [1.82, 2.24) is 0 Å². The number of rotatable bonds is 4. The van der Waals surface area contributed by atoms with Crippen molar-refractivity contribution in [3.05, 3.63) is 23.8 Å². The molecular weight excluding hydrogens is 190 g/mol. The molecule has 1 saturated carbocycles. The van der Waals surface area contributed by atoms with Gasteiger partial charge in [0.2, 0.25) is 0 Å². The number of nitrogens with zero attached hydrogens (tertiary/aromatic N) is 1. The molecule has 0 aliphatic heterocycles. The zero-order valence-electron chi connectivity index (χ0n) is 9.06. The molecule has 1 aromatic rings. The number of benzene rings is 1. The Morgan fingerprint density at radius 1 is 1.40 bits per heavy atom. The second kappa shape index (κ2) is 3.93. The van der Waals surface area contributed by atoms with Gasteiger partial charge in [0.05, 0.1) is 17.4 Å².